The highest BCUT2D eigenvalue weighted by Crippen LogP contribution is 2.42. The van der Waals surface area contributed by atoms with Gasteiger partial charge in [0, 0.05) is 23.0 Å². The summed E-state index contributed by atoms with van der Waals surface area (Å²) in [5.74, 6) is -1.93. The van der Waals surface area contributed by atoms with Gasteiger partial charge >= 0.3 is 5.97 Å². The molecule has 1 aromatic heterocycles. The molecule has 2 heterocycles. The molecule has 8 heteroatoms. The highest BCUT2D eigenvalue weighted by molar-refractivity contribution is 6.51. The monoisotopic (exact) mass is 528 g/mol. The van der Waals surface area contributed by atoms with Gasteiger partial charge in [-0.05, 0) is 67.8 Å². The Labute approximate surface area is 227 Å². The average molecular weight is 529 g/mol. The number of nitrogens with zero attached hydrogens (tertiary/aromatic N) is 2. The van der Waals surface area contributed by atoms with E-state index >= 15 is 0 Å². The predicted molar refractivity (Wildman–Crippen MR) is 148 cm³/mol. The van der Waals surface area contributed by atoms with E-state index in [9.17, 15) is 19.5 Å². The van der Waals surface area contributed by atoms with Crippen LogP contribution >= 0.6 is 0 Å². The molecule has 8 nitrogen and oxygen atoms in total. The molecule has 0 aliphatic carbocycles. The van der Waals surface area contributed by atoms with Gasteiger partial charge in [0.15, 0.2) is 0 Å². The van der Waals surface area contributed by atoms with E-state index < -0.39 is 23.7 Å². The van der Waals surface area contributed by atoms with Crippen LogP contribution in [0.3, 0.4) is 0 Å². The normalized spacial score (nSPS) is 17.0. The number of aliphatic hydroxyl groups is 1. The van der Waals surface area contributed by atoms with Gasteiger partial charge in [0.2, 0.25) is 0 Å². The van der Waals surface area contributed by atoms with Crippen molar-refractivity contribution in [2.45, 2.75) is 52.2 Å². The standard InChI is InChI=1S/C31H32N2O6/c1-18(2)39-30(37)20-10-9-11-21(16-20)33-26(23-12-7-8-15-32-23)25(28(35)29(33)36)27(34)19-13-14-24(38-6)22(17-19)31(3,4)5/h7-18,26,34H,1-6H3/b27-25-. The molecule has 1 amide bonds. The number of rotatable bonds is 6. The van der Waals surface area contributed by atoms with Crippen molar-refractivity contribution in [2.75, 3.05) is 12.0 Å². The predicted octanol–water partition coefficient (Wildman–Crippen LogP) is 5.58. The third-order valence-electron chi connectivity index (χ3n) is 6.40. The lowest BCUT2D eigenvalue weighted by atomic mass is 9.84. The van der Waals surface area contributed by atoms with Crippen molar-refractivity contribution in [3.8, 4) is 5.75 Å². The number of esters is 1. The maximum atomic E-state index is 13.5. The molecule has 1 fully saturated rings. The van der Waals surface area contributed by atoms with Crippen LogP contribution in [0.25, 0.3) is 5.76 Å². The van der Waals surface area contributed by atoms with Crippen molar-refractivity contribution >= 4 is 29.1 Å². The Hall–Kier alpha value is -4.46. The van der Waals surface area contributed by atoms with Crippen molar-refractivity contribution in [2.24, 2.45) is 0 Å². The van der Waals surface area contributed by atoms with Crippen LogP contribution in [0.4, 0.5) is 5.69 Å². The summed E-state index contributed by atoms with van der Waals surface area (Å²) in [6, 6.07) is 15.6. The number of methoxy groups -OCH3 is 1. The van der Waals surface area contributed by atoms with E-state index in [0.29, 0.717) is 22.7 Å². The van der Waals surface area contributed by atoms with Crippen LogP contribution in [-0.2, 0) is 19.7 Å². The topological polar surface area (TPSA) is 106 Å². The van der Waals surface area contributed by atoms with E-state index in [1.54, 1.807) is 81.8 Å². The Morgan fingerprint density at radius 2 is 1.74 bits per heavy atom. The molecule has 3 aromatic rings. The summed E-state index contributed by atoms with van der Waals surface area (Å²) in [4.78, 5) is 45.2. The summed E-state index contributed by atoms with van der Waals surface area (Å²) in [5, 5.41) is 11.5. The van der Waals surface area contributed by atoms with Gasteiger partial charge in [-0.25, -0.2) is 4.79 Å². The largest absolute Gasteiger partial charge is 0.507 e. The molecular formula is C31H32N2O6. The first-order valence-electron chi connectivity index (χ1n) is 12.7. The van der Waals surface area contributed by atoms with Crippen molar-refractivity contribution in [3.63, 3.8) is 0 Å². The van der Waals surface area contributed by atoms with E-state index in [1.165, 1.54) is 11.0 Å². The number of carbonyl (C=O) groups excluding carboxylic acids is 3. The Kier molecular flexibility index (Phi) is 7.58. The number of hydrogen-bond acceptors (Lipinski definition) is 7. The molecule has 0 spiro atoms. The molecule has 1 N–H and O–H groups in total. The molecule has 0 radical (unpaired) electrons. The lowest BCUT2D eigenvalue weighted by molar-refractivity contribution is -0.132. The van der Waals surface area contributed by atoms with Crippen molar-refractivity contribution in [3.05, 3.63) is 94.8 Å². The van der Waals surface area contributed by atoms with Crippen LogP contribution in [-0.4, -0.2) is 41.0 Å². The van der Waals surface area contributed by atoms with E-state index in [2.05, 4.69) is 4.98 Å². The molecule has 1 atom stereocenters. The zero-order valence-corrected chi connectivity index (χ0v) is 22.9. The number of carbonyl (C=O) groups is 3. The summed E-state index contributed by atoms with van der Waals surface area (Å²) in [5.41, 5.74) is 1.70. The van der Waals surface area contributed by atoms with Gasteiger partial charge in [-0.1, -0.05) is 32.9 Å². The number of hydrogen-bond donors (Lipinski definition) is 1. The summed E-state index contributed by atoms with van der Waals surface area (Å²) in [7, 11) is 1.57. The fourth-order valence-electron chi connectivity index (χ4n) is 4.58. The molecule has 2 aromatic carbocycles. The molecule has 0 bridgehead atoms. The Morgan fingerprint density at radius 3 is 2.36 bits per heavy atom. The van der Waals surface area contributed by atoms with E-state index in [4.69, 9.17) is 9.47 Å². The van der Waals surface area contributed by atoms with Crippen LogP contribution in [0, 0.1) is 0 Å². The molecule has 1 unspecified atom stereocenters. The lowest BCUT2D eigenvalue weighted by Gasteiger charge is -2.25. The second-order valence-corrected chi connectivity index (χ2v) is 10.6. The molecule has 39 heavy (non-hydrogen) atoms. The summed E-state index contributed by atoms with van der Waals surface area (Å²) >= 11 is 0. The highest BCUT2D eigenvalue weighted by Gasteiger charge is 2.47. The number of aromatic nitrogens is 1. The number of benzene rings is 2. The first kappa shape index (κ1) is 27.6. The number of ketones is 1. The van der Waals surface area contributed by atoms with E-state index in [1.807, 2.05) is 20.8 Å². The SMILES string of the molecule is COc1ccc(/C(O)=C2/C(=O)C(=O)N(c3cccc(C(=O)OC(C)C)c3)C2c2ccccn2)cc1C(C)(C)C. The molecule has 1 aliphatic heterocycles. The maximum Gasteiger partial charge on any atom is 0.338 e. The quantitative estimate of drug-likeness (QED) is 0.193. The molecule has 202 valence electrons. The Morgan fingerprint density at radius 1 is 1.00 bits per heavy atom. The van der Waals surface area contributed by atoms with Gasteiger partial charge in [-0.2, -0.15) is 0 Å². The Balaban J connectivity index is 1.91. The van der Waals surface area contributed by atoms with Gasteiger partial charge < -0.3 is 14.6 Å². The molecule has 4 rings (SSSR count). The first-order chi connectivity index (χ1) is 18.4. The van der Waals surface area contributed by atoms with Crippen LogP contribution in [0.1, 0.15) is 67.8 Å². The minimum absolute atomic E-state index is 0.0983. The van der Waals surface area contributed by atoms with E-state index in [-0.39, 0.29) is 28.4 Å². The van der Waals surface area contributed by atoms with Gasteiger partial charge in [0.1, 0.15) is 17.6 Å². The fourth-order valence-corrected chi connectivity index (χ4v) is 4.58. The average Bonchev–Trinajstić information content (AvgIpc) is 3.17. The second kappa shape index (κ2) is 10.7. The number of ether oxygens (including phenoxy) is 2. The van der Waals surface area contributed by atoms with Crippen LogP contribution in [0.5, 0.6) is 5.75 Å². The zero-order valence-electron chi connectivity index (χ0n) is 22.9. The van der Waals surface area contributed by atoms with Gasteiger partial charge in [0.05, 0.1) is 30.0 Å². The molecule has 0 saturated carbocycles. The first-order valence-corrected chi connectivity index (χ1v) is 12.7. The molecule has 1 aliphatic rings. The third kappa shape index (κ3) is 5.41. The number of anilines is 1. The van der Waals surface area contributed by atoms with Crippen molar-refractivity contribution in [1.82, 2.24) is 4.98 Å². The van der Waals surface area contributed by atoms with Crippen LogP contribution in [0.15, 0.2) is 72.4 Å². The Bertz CT molecular complexity index is 1450. The minimum Gasteiger partial charge on any atom is -0.507 e. The highest BCUT2D eigenvalue weighted by atomic mass is 16.5. The maximum absolute atomic E-state index is 13.5. The fraction of sp³-hybridized carbons (Fsp3) is 0.290. The number of Topliss-reactive ketones (excluding diaryl/α,β-unsaturated/α-hetero) is 1. The smallest absolute Gasteiger partial charge is 0.338 e. The molecular weight excluding hydrogens is 496 g/mol. The summed E-state index contributed by atoms with van der Waals surface area (Å²) in [6.07, 6.45) is 1.23. The zero-order chi connectivity index (χ0) is 28.5. The van der Waals surface area contributed by atoms with Crippen LogP contribution in [0.2, 0.25) is 0 Å². The van der Waals surface area contributed by atoms with Crippen molar-refractivity contribution in [1.29, 1.82) is 0 Å². The summed E-state index contributed by atoms with van der Waals surface area (Å²) in [6.45, 7) is 9.52. The van der Waals surface area contributed by atoms with Gasteiger partial charge in [0.25, 0.3) is 11.7 Å². The van der Waals surface area contributed by atoms with Crippen molar-refractivity contribution < 1.29 is 29.0 Å². The number of aliphatic hydroxyl groups excluding tert-OH is 1. The van der Waals surface area contributed by atoms with Crippen LogP contribution < -0.4 is 9.64 Å². The third-order valence-corrected chi connectivity index (χ3v) is 6.40. The number of pyridine rings is 1. The number of amides is 1. The van der Waals surface area contributed by atoms with Gasteiger partial charge in [-0.15, -0.1) is 0 Å². The van der Waals surface area contributed by atoms with Gasteiger partial charge in [-0.3, -0.25) is 19.5 Å². The second-order valence-electron chi connectivity index (χ2n) is 10.6. The molecule has 1 saturated heterocycles. The minimum atomic E-state index is -1.03. The van der Waals surface area contributed by atoms with E-state index in [0.717, 1.165) is 5.56 Å². The summed E-state index contributed by atoms with van der Waals surface area (Å²) < 4.78 is 10.8. The lowest BCUT2D eigenvalue weighted by Crippen LogP contribution is -2.30.